The van der Waals surface area contributed by atoms with Gasteiger partial charge < -0.3 is 5.73 Å². The Labute approximate surface area is 101 Å². The van der Waals surface area contributed by atoms with Crippen molar-refractivity contribution < 1.29 is 0 Å². The molecule has 16 heavy (non-hydrogen) atoms. The summed E-state index contributed by atoms with van der Waals surface area (Å²) < 4.78 is 0. The van der Waals surface area contributed by atoms with Gasteiger partial charge in [0.05, 0.1) is 18.0 Å². The third kappa shape index (κ3) is 3.05. The second-order valence-electron chi connectivity index (χ2n) is 4.19. The fraction of sp³-hybridized carbons (Fsp3) is 0.583. The van der Waals surface area contributed by atoms with E-state index in [0.29, 0.717) is 6.54 Å². The van der Waals surface area contributed by atoms with Gasteiger partial charge in [0.2, 0.25) is 0 Å². The van der Waals surface area contributed by atoms with Crippen LogP contribution >= 0.6 is 11.3 Å². The Morgan fingerprint density at radius 3 is 2.75 bits per heavy atom. The molecular weight excluding hydrogens is 218 g/mol. The summed E-state index contributed by atoms with van der Waals surface area (Å²) in [5, 5.41) is 10.9. The largest absolute Gasteiger partial charge is 0.329 e. The van der Waals surface area contributed by atoms with Gasteiger partial charge >= 0.3 is 0 Å². The lowest BCUT2D eigenvalue weighted by molar-refractivity contribution is 0.236. The maximum absolute atomic E-state index is 8.82. The molecule has 2 N–H and O–H groups in total. The molecule has 0 saturated heterocycles. The third-order valence-electron chi connectivity index (χ3n) is 2.74. The van der Waals surface area contributed by atoms with E-state index in [1.54, 1.807) is 11.3 Å². The van der Waals surface area contributed by atoms with Gasteiger partial charge in [-0.2, -0.15) is 5.26 Å². The Balaban J connectivity index is 2.76. The summed E-state index contributed by atoms with van der Waals surface area (Å²) in [6.07, 6.45) is 0. The maximum Gasteiger partial charge on any atom is 0.0666 e. The summed E-state index contributed by atoms with van der Waals surface area (Å²) in [5.41, 5.74) is 7.12. The molecule has 0 amide bonds. The highest BCUT2D eigenvalue weighted by molar-refractivity contribution is 7.10. The minimum atomic E-state index is 0.0410. The summed E-state index contributed by atoms with van der Waals surface area (Å²) >= 11 is 1.74. The van der Waals surface area contributed by atoms with Crippen LogP contribution in [0.1, 0.15) is 23.4 Å². The Morgan fingerprint density at radius 2 is 2.31 bits per heavy atom. The molecule has 0 bridgehead atoms. The normalized spacial score (nSPS) is 14.8. The van der Waals surface area contributed by atoms with Crippen LogP contribution in [0, 0.1) is 24.2 Å². The fourth-order valence-corrected chi connectivity index (χ4v) is 2.92. The van der Waals surface area contributed by atoms with Gasteiger partial charge in [-0.05, 0) is 37.9 Å². The SMILES string of the molecule is Cc1ccsc1C(CN)N(C)CC(C)C#N. The number of likely N-dealkylation sites (N-methyl/N-ethyl adjacent to an activating group) is 1. The highest BCUT2D eigenvalue weighted by atomic mass is 32.1. The monoisotopic (exact) mass is 237 g/mol. The molecule has 1 heterocycles. The van der Waals surface area contributed by atoms with Crippen LogP contribution in [0.25, 0.3) is 0 Å². The molecule has 0 aliphatic rings. The molecule has 1 rings (SSSR count). The lowest BCUT2D eigenvalue weighted by Gasteiger charge is -2.27. The second-order valence-corrected chi connectivity index (χ2v) is 5.14. The molecule has 0 aliphatic heterocycles. The van der Waals surface area contributed by atoms with Crippen molar-refractivity contribution in [2.45, 2.75) is 19.9 Å². The van der Waals surface area contributed by atoms with Gasteiger partial charge in [0.1, 0.15) is 0 Å². The van der Waals surface area contributed by atoms with Gasteiger partial charge in [-0.1, -0.05) is 0 Å². The van der Waals surface area contributed by atoms with Crippen LogP contribution < -0.4 is 5.73 Å². The van der Waals surface area contributed by atoms with Gasteiger partial charge in [-0.15, -0.1) is 11.3 Å². The summed E-state index contributed by atoms with van der Waals surface area (Å²) in [6.45, 7) is 5.40. The fourth-order valence-electron chi connectivity index (χ4n) is 1.81. The first kappa shape index (κ1) is 13.2. The number of thiophene rings is 1. The van der Waals surface area contributed by atoms with Crippen molar-refractivity contribution in [3.63, 3.8) is 0 Å². The quantitative estimate of drug-likeness (QED) is 0.853. The van der Waals surface area contributed by atoms with Crippen LogP contribution in [0.4, 0.5) is 0 Å². The first-order valence-corrected chi connectivity index (χ1v) is 6.32. The first-order valence-electron chi connectivity index (χ1n) is 5.44. The topological polar surface area (TPSA) is 53.0 Å². The Morgan fingerprint density at radius 1 is 1.62 bits per heavy atom. The lowest BCUT2D eigenvalue weighted by atomic mass is 10.1. The van der Waals surface area contributed by atoms with E-state index in [9.17, 15) is 0 Å². The van der Waals surface area contributed by atoms with Gasteiger partial charge in [-0.3, -0.25) is 4.90 Å². The number of aryl methyl sites for hydroxylation is 1. The first-order chi connectivity index (χ1) is 7.60. The number of hydrogen-bond donors (Lipinski definition) is 1. The average Bonchev–Trinajstić information content (AvgIpc) is 2.66. The van der Waals surface area contributed by atoms with Crippen LogP contribution in [0.5, 0.6) is 0 Å². The zero-order valence-electron chi connectivity index (χ0n) is 10.1. The molecule has 88 valence electrons. The van der Waals surface area contributed by atoms with Crippen LogP contribution in [0.3, 0.4) is 0 Å². The van der Waals surface area contributed by atoms with E-state index in [4.69, 9.17) is 11.0 Å². The van der Waals surface area contributed by atoms with Crippen molar-refractivity contribution in [1.29, 1.82) is 5.26 Å². The van der Waals surface area contributed by atoms with Crippen LogP contribution in [-0.4, -0.2) is 25.0 Å². The van der Waals surface area contributed by atoms with Crippen molar-refractivity contribution >= 4 is 11.3 Å². The van der Waals surface area contributed by atoms with Gasteiger partial charge in [0.25, 0.3) is 0 Å². The zero-order valence-corrected chi connectivity index (χ0v) is 10.9. The zero-order chi connectivity index (χ0) is 12.1. The lowest BCUT2D eigenvalue weighted by Crippen LogP contribution is -2.33. The van der Waals surface area contributed by atoms with E-state index >= 15 is 0 Å². The van der Waals surface area contributed by atoms with E-state index < -0.39 is 0 Å². The van der Waals surface area contributed by atoms with Crippen molar-refractivity contribution in [1.82, 2.24) is 4.90 Å². The van der Waals surface area contributed by atoms with Crippen LogP contribution in [0.15, 0.2) is 11.4 Å². The molecule has 2 unspecified atom stereocenters. The molecule has 2 atom stereocenters. The molecular formula is C12H19N3S. The standard InChI is InChI=1S/C12H19N3S/c1-9(6-13)8-15(3)11(7-14)12-10(2)4-5-16-12/h4-5,9,11H,7-8,14H2,1-3H3. The van der Waals surface area contributed by atoms with Crippen LogP contribution in [0.2, 0.25) is 0 Å². The van der Waals surface area contributed by atoms with E-state index in [0.717, 1.165) is 6.54 Å². The predicted octanol–water partition coefficient (Wildman–Crippen LogP) is 2.15. The van der Waals surface area contributed by atoms with Crippen molar-refractivity contribution in [2.24, 2.45) is 11.7 Å². The van der Waals surface area contributed by atoms with E-state index in [1.165, 1.54) is 10.4 Å². The van der Waals surface area contributed by atoms with Crippen molar-refractivity contribution in [2.75, 3.05) is 20.1 Å². The molecule has 3 nitrogen and oxygen atoms in total. The predicted molar refractivity (Wildman–Crippen MR) is 68.3 cm³/mol. The van der Waals surface area contributed by atoms with Gasteiger partial charge in [0.15, 0.2) is 0 Å². The molecule has 0 spiro atoms. The van der Waals surface area contributed by atoms with Crippen molar-refractivity contribution in [3.8, 4) is 6.07 Å². The highest BCUT2D eigenvalue weighted by Crippen LogP contribution is 2.27. The molecule has 0 fully saturated rings. The van der Waals surface area contributed by atoms with E-state index in [-0.39, 0.29) is 12.0 Å². The Hall–Kier alpha value is -0.890. The molecule has 1 aromatic rings. The third-order valence-corrected chi connectivity index (χ3v) is 3.86. The summed E-state index contributed by atoms with van der Waals surface area (Å²) in [6, 6.07) is 4.60. The second kappa shape index (κ2) is 6.00. The summed E-state index contributed by atoms with van der Waals surface area (Å²) in [7, 11) is 2.03. The molecule has 4 heteroatoms. The highest BCUT2D eigenvalue weighted by Gasteiger charge is 2.19. The Bertz CT molecular complexity index is 367. The van der Waals surface area contributed by atoms with Gasteiger partial charge in [0, 0.05) is 18.0 Å². The average molecular weight is 237 g/mol. The van der Waals surface area contributed by atoms with E-state index in [1.807, 2.05) is 14.0 Å². The number of rotatable bonds is 5. The molecule has 0 aromatic carbocycles. The number of nitrogens with two attached hydrogens (primary N) is 1. The number of hydrogen-bond acceptors (Lipinski definition) is 4. The van der Waals surface area contributed by atoms with Gasteiger partial charge in [-0.25, -0.2) is 0 Å². The van der Waals surface area contributed by atoms with Crippen LogP contribution in [-0.2, 0) is 0 Å². The summed E-state index contributed by atoms with van der Waals surface area (Å²) in [5.74, 6) is 0.0410. The maximum atomic E-state index is 8.82. The number of nitrogens with zero attached hydrogens (tertiary/aromatic N) is 2. The molecule has 1 aromatic heterocycles. The minimum Gasteiger partial charge on any atom is -0.329 e. The molecule has 0 radical (unpaired) electrons. The molecule has 0 saturated carbocycles. The smallest absolute Gasteiger partial charge is 0.0666 e. The van der Waals surface area contributed by atoms with Crippen molar-refractivity contribution in [3.05, 3.63) is 21.9 Å². The Kier molecular flexibility index (Phi) is 4.94. The molecule has 0 aliphatic carbocycles. The summed E-state index contributed by atoms with van der Waals surface area (Å²) in [4.78, 5) is 3.49. The minimum absolute atomic E-state index is 0.0410. The van der Waals surface area contributed by atoms with E-state index in [2.05, 4.69) is 29.3 Å². The number of nitriles is 1.